The van der Waals surface area contributed by atoms with Gasteiger partial charge in [-0.3, -0.25) is 4.79 Å². The van der Waals surface area contributed by atoms with Crippen LogP contribution in [0.5, 0.6) is 0 Å². The van der Waals surface area contributed by atoms with E-state index in [0.29, 0.717) is 6.42 Å². The molecule has 6 heteroatoms. The van der Waals surface area contributed by atoms with Gasteiger partial charge in [-0.05, 0) is 32.0 Å². The van der Waals surface area contributed by atoms with E-state index in [1.54, 1.807) is 0 Å². The Kier molecular flexibility index (Phi) is 4.51. The van der Waals surface area contributed by atoms with Crippen LogP contribution in [0.3, 0.4) is 0 Å². The van der Waals surface area contributed by atoms with E-state index in [1.807, 2.05) is 25.1 Å². The zero-order valence-corrected chi connectivity index (χ0v) is 15.1. The second kappa shape index (κ2) is 6.15. The predicted molar refractivity (Wildman–Crippen MR) is 96.6 cm³/mol. The second-order valence-corrected chi connectivity index (χ2v) is 8.09. The molecular formula is C17H23Cl2N3O. The van der Waals surface area contributed by atoms with Crippen LogP contribution in [-0.4, -0.2) is 47.9 Å². The Morgan fingerprint density at radius 1 is 1.22 bits per heavy atom. The number of likely N-dealkylation sites (N-methyl/N-ethyl adjacent to an activating group) is 1. The number of anilines is 2. The van der Waals surface area contributed by atoms with E-state index in [2.05, 4.69) is 28.1 Å². The molecule has 1 aliphatic heterocycles. The summed E-state index contributed by atoms with van der Waals surface area (Å²) in [5, 5.41) is 3.03. The Hall–Kier alpha value is -0.970. The molecule has 0 unspecified atom stereocenters. The third-order valence-electron chi connectivity index (χ3n) is 5.07. The highest BCUT2D eigenvalue weighted by Crippen LogP contribution is 2.64. The number of piperazine rings is 1. The van der Waals surface area contributed by atoms with Crippen LogP contribution < -0.4 is 10.2 Å². The summed E-state index contributed by atoms with van der Waals surface area (Å²) in [5.74, 6) is -0.109. The summed E-state index contributed by atoms with van der Waals surface area (Å²) in [6.07, 6.45) is 0.492. The van der Waals surface area contributed by atoms with Gasteiger partial charge in [-0.2, -0.15) is 0 Å². The number of amides is 1. The molecule has 1 atom stereocenters. The van der Waals surface area contributed by atoms with Gasteiger partial charge in [-0.25, -0.2) is 0 Å². The Bertz CT molecular complexity index is 599. The maximum Gasteiger partial charge on any atom is 0.233 e. The lowest BCUT2D eigenvalue weighted by Crippen LogP contribution is -2.46. The Balaban J connectivity index is 1.73. The van der Waals surface area contributed by atoms with Crippen molar-refractivity contribution in [1.82, 2.24) is 4.90 Å². The molecule has 23 heavy (non-hydrogen) atoms. The largest absolute Gasteiger partial charge is 0.367 e. The van der Waals surface area contributed by atoms with Gasteiger partial charge in [0, 0.05) is 26.2 Å². The summed E-state index contributed by atoms with van der Waals surface area (Å²) in [5.41, 5.74) is 1.19. The zero-order chi connectivity index (χ0) is 16.7. The topological polar surface area (TPSA) is 35.6 Å². The van der Waals surface area contributed by atoms with Crippen molar-refractivity contribution < 1.29 is 4.79 Å². The van der Waals surface area contributed by atoms with Crippen LogP contribution in [0.2, 0.25) is 0 Å². The number of alkyl halides is 2. The summed E-state index contributed by atoms with van der Waals surface area (Å²) >= 11 is 12.2. The highest BCUT2D eigenvalue weighted by molar-refractivity contribution is 6.53. The normalized spacial score (nSPS) is 26.9. The van der Waals surface area contributed by atoms with Gasteiger partial charge >= 0.3 is 0 Å². The molecule has 1 amide bonds. The maximum absolute atomic E-state index is 12.5. The van der Waals surface area contributed by atoms with Gasteiger partial charge < -0.3 is 15.1 Å². The van der Waals surface area contributed by atoms with Crippen LogP contribution in [0.4, 0.5) is 11.4 Å². The monoisotopic (exact) mass is 355 g/mol. The number of nitrogens with one attached hydrogen (secondary N) is 1. The zero-order valence-electron chi connectivity index (χ0n) is 13.6. The molecule has 3 rings (SSSR count). The minimum Gasteiger partial charge on any atom is -0.367 e. The molecule has 0 aromatic heterocycles. The molecule has 1 aromatic rings. The lowest BCUT2D eigenvalue weighted by Gasteiger charge is -2.36. The molecule has 1 heterocycles. The number of nitrogens with zero attached hydrogens (tertiary/aromatic N) is 2. The summed E-state index contributed by atoms with van der Waals surface area (Å²) in [6, 6.07) is 7.94. The number of rotatable bonds is 4. The molecule has 0 spiro atoms. The van der Waals surface area contributed by atoms with E-state index in [4.69, 9.17) is 23.2 Å². The molecule has 1 saturated heterocycles. The first-order valence-electron chi connectivity index (χ1n) is 8.13. The Morgan fingerprint density at radius 2 is 1.83 bits per heavy atom. The third kappa shape index (κ3) is 3.17. The number of benzene rings is 1. The number of carbonyl (C=O) groups is 1. The first kappa shape index (κ1) is 16.9. The number of para-hydroxylation sites is 2. The summed E-state index contributed by atoms with van der Waals surface area (Å²) in [7, 11) is 0. The number of hydrogen-bond donors (Lipinski definition) is 1. The van der Waals surface area contributed by atoms with Gasteiger partial charge in [0.1, 0.15) is 4.33 Å². The molecule has 4 nitrogen and oxygen atoms in total. The molecule has 1 aromatic carbocycles. The fourth-order valence-electron chi connectivity index (χ4n) is 3.07. The van der Waals surface area contributed by atoms with Crippen molar-refractivity contribution in [3.63, 3.8) is 0 Å². The van der Waals surface area contributed by atoms with Gasteiger partial charge in [0.05, 0.1) is 16.8 Å². The highest BCUT2D eigenvalue weighted by atomic mass is 35.5. The van der Waals surface area contributed by atoms with E-state index in [1.165, 1.54) is 0 Å². The van der Waals surface area contributed by atoms with Crippen molar-refractivity contribution in [2.24, 2.45) is 5.41 Å². The van der Waals surface area contributed by atoms with E-state index in [-0.39, 0.29) is 5.91 Å². The molecule has 1 saturated carbocycles. The van der Waals surface area contributed by atoms with E-state index >= 15 is 0 Å². The van der Waals surface area contributed by atoms with Crippen molar-refractivity contribution in [1.29, 1.82) is 0 Å². The molecule has 2 fully saturated rings. The van der Waals surface area contributed by atoms with Crippen LogP contribution in [-0.2, 0) is 4.79 Å². The molecule has 0 bridgehead atoms. The van der Waals surface area contributed by atoms with Crippen LogP contribution in [0.25, 0.3) is 0 Å². The molecular weight excluding hydrogens is 333 g/mol. The van der Waals surface area contributed by atoms with Crippen molar-refractivity contribution >= 4 is 40.5 Å². The van der Waals surface area contributed by atoms with Gasteiger partial charge in [0.15, 0.2) is 0 Å². The second-order valence-electron chi connectivity index (χ2n) is 6.61. The van der Waals surface area contributed by atoms with Gasteiger partial charge in [0.25, 0.3) is 0 Å². The van der Waals surface area contributed by atoms with E-state index in [9.17, 15) is 4.79 Å². The van der Waals surface area contributed by atoms with Crippen molar-refractivity contribution in [2.45, 2.75) is 24.6 Å². The number of hydrogen-bond acceptors (Lipinski definition) is 3. The van der Waals surface area contributed by atoms with Crippen molar-refractivity contribution in [3.05, 3.63) is 24.3 Å². The fourth-order valence-corrected chi connectivity index (χ4v) is 3.77. The Morgan fingerprint density at radius 3 is 2.39 bits per heavy atom. The highest BCUT2D eigenvalue weighted by Gasteiger charge is 2.67. The van der Waals surface area contributed by atoms with Crippen LogP contribution >= 0.6 is 23.2 Å². The summed E-state index contributed by atoms with van der Waals surface area (Å²) < 4.78 is -0.946. The van der Waals surface area contributed by atoms with Gasteiger partial charge in [-0.15, -0.1) is 23.2 Å². The summed E-state index contributed by atoms with van der Waals surface area (Å²) in [4.78, 5) is 17.3. The van der Waals surface area contributed by atoms with Crippen molar-refractivity contribution in [3.8, 4) is 0 Å². The first-order chi connectivity index (χ1) is 10.9. The number of carbonyl (C=O) groups excluding carboxylic acids is 1. The van der Waals surface area contributed by atoms with Gasteiger partial charge in [0.2, 0.25) is 5.91 Å². The standard InChI is InChI=1S/C17H23Cl2N3O/c1-3-21-8-10-22(11-9-21)14-7-5-4-6-13(14)20-15(23)16(2)12-17(16,18)19/h4-7H,3,8-12H2,1-2H3,(H,20,23)/t16-/m1/s1. The summed E-state index contributed by atoms with van der Waals surface area (Å²) in [6.45, 7) is 9.10. The molecule has 1 N–H and O–H groups in total. The Labute approximate surface area is 147 Å². The van der Waals surface area contributed by atoms with Crippen LogP contribution in [0, 0.1) is 5.41 Å². The van der Waals surface area contributed by atoms with Crippen LogP contribution in [0.1, 0.15) is 20.3 Å². The molecule has 1 aliphatic carbocycles. The average molecular weight is 356 g/mol. The minimum atomic E-state index is -0.946. The average Bonchev–Trinajstić information content (AvgIpc) is 3.08. The lowest BCUT2D eigenvalue weighted by atomic mass is 10.1. The van der Waals surface area contributed by atoms with Crippen molar-refractivity contribution in [2.75, 3.05) is 42.9 Å². The molecule has 2 aliphatic rings. The smallest absolute Gasteiger partial charge is 0.233 e. The predicted octanol–water partition coefficient (Wildman–Crippen LogP) is 3.35. The molecule has 0 radical (unpaired) electrons. The quantitative estimate of drug-likeness (QED) is 0.841. The van der Waals surface area contributed by atoms with E-state index < -0.39 is 9.75 Å². The SMILES string of the molecule is CCN1CCN(c2ccccc2NC(=O)[C@@]2(C)CC2(Cl)Cl)CC1. The van der Waals surface area contributed by atoms with Crippen LogP contribution in [0.15, 0.2) is 24.3 Å². The molecule has 126 valence electrons. The first-order valence-corrected chi connectivity index (χ1v) is 8.88. The van der Waals surface area contributed by atoms with Gasteiger partial charge in [-0.1, -0.05) is 19.1 Å². The van der Waals surface area contributed by atoms with E-state index in [0.717, 1.165) is 44.1 Å². The number of halogens is 2. The minimum absolute atomic E-state index is 0.109. The lowest BCUT2D eigenvalue weighted by molar-refractivity contribution is -0.120. The third-order valence-corrected chi connectivity index (χ3v) is 6.17. The maximum atomic E-state index is 12.5. The fraction of sp³-hybridized carbons (Fsp3) is 0.588.